The number of nitrogens with zero attached hydrogens (tertiary/aromatic N) is 1. The summed E-state index contributed by atoms with van der Waals surface area (Å²) < 4.78 is 32.9. The lowest BCUT2D eigenvalue weighted by Crippen LogP contribution is -2.30. The van der Waals surface area contributed by atoms with Crippen LogP contribution in [-0.2, 0) is 10.0 Å². The molecule has 0 unspecified atom stereocenters. The summed E-state index contributed by atoms with van der Waals surface area (Å²) in [5, 5.41) is 3.00. The van der Waals surface area contributed by atoms with Crippen LogP contribution in [0.3, 0.4) is 0 Å². The first-order valence-corrected chi connectivity index (χ1v) is 11.7. The van der Waals surface area contributed by atoms with E-state index >= 15 is 0 Å². The molecular formula is C23H30N2O4S. The molecular weight excluding hydrogens is 400 g/mol. The number of carbonyl (C=O) groups excluding carboxylic acids is 1. The van der Waals surface area contributed by atoms with Crippen molar-refractivity contribution < 1.29 is 17.9 Å². The first-order chi connectivity index (χ1) is 14.1. The fourth-order valence-corrected chi connectivity index (χ4v) is 5.59. The van der Waals surface area contributed by atoms with Crippen molar-refractivity contribution in [2.45, 2.75) is 51.5 Å². The Hall–Kier alpha value is -2.38. The van der Waals surface area contributed by atoms with E-state index in [2.05, 4.69) is 24.4 Å². The molecule has 0 saturated carbocycles. The van der Waals surface area contributed by atoms with Crippen molar-refractivity contribution in [2.75, 3.05) is 20.2 Å². The Bertz CT molecular complexity index is 1060. The number of rotatable bonds is 6. The Kier molecular flexibility index (Phi) is 6.53. The predicted molar refractivity (Wildman–Crippen MR) is 118 cm³/mol. The van der Waals surface area contributed by atoms with Crippen LogP contribution in [-0.4, -0.2) is 38.8 Å². The molecule has 0 aliphatic carbocycles. The van der Waals surface area contributed by atoms with Gasteiger partial charge in [-0.15, -0.1) is 0 Å². The van der Waals surface area contributed by atoms with Crippen LogP contribution in [0.1, 0.15) is 58.4 Å². The third-order valence-corrected chi connectivity index (χ3v) is 7.72. The van der Waals surface area contributed by atoms with Gasteiger partial charge in [0.1, 0.15) is 10.6 Å². The van der Waals surface area contributed by atoms with Crippen LogP contribution < -0.4 is 10.1 Å². The highest BCUT2D eigenvalue weighted by molar-refractivity contribution is 7.89. The average molecular weight is 431 g/mol. The van der Waals surface area contributed by atoms with Gasteiger partial charge in [-0.25, -0.2) is 8.42 Å². The summed E-state index contributed by atoms with van der Waals surface area (Å²) >= 11 is 0. The summed E-state index contributed by atoms with van der Waals surface area (Å²) in [6, 6.07) is 8.55. The average Bonchev–Trinajstić information content (AvgIpc) is 3.25. The van der Waals surface area contributed by atoms with Crippen LogP contribution in [0.2, 0.25) is 0 Å². The Labute approximate surface area is 179 Å². The van der Waals surface area contributed by atoms with Gasteiger partial charge in [-0.1, -0.05) is 12.1 Å². The Morgan fingerprint density at radius 1 is 1.03 bits per heavy atom. The largest absolute Gasteiger partial charge is 0.495 e. The van der Waals surface area contributed by atoms with Crippen LogP contribution in [0.5, 0.6) is 5.75 Å². The molecule has 3 rings (SSSR count). The number of amides is 1. The monoisotopic (exact) mass is 430 g/mol. The second kappa shape index (κ2) is 8.78. The molecule has 7 heteroatoms. The number of methoxy groups -OCH3 is 1. The lowest BCUT2D eigenvalue weighted by Gasteiger charge is -2.20. The fraction of sp³-hybridized carbons (Fsp3) is 0.435. The van der Waals surface area contributed by atoms with Gasteiger partial charge in [-0.3, -0.25) is 4.79 Å². The van der Waals surface area contributed by atoms with E-state index < -0.39 is 10.0 Å². The van der Waals surface area contributed by atoms with Gasteiger partial charge in [-0.2, -0.15) is 4.31 Å². The minimum atomic E-state index is -3.71. The molecule has 1 N–H and O–H groups in total. The summed E-state index contributed by atoms with van der Waals surface area (Å²) in [5.74, 6) is -0.0721. The second-order valence-electron chi connectivity index (χ2n) is 7.97. The highest BCUT2D eigenvalue weighted by Crippen LogP contribution is 2.30. The van der Waals surface area contributed by atoms with Crippen LogP contribution in [0, 0.1) is 20.8 Å². The van der Waals surface area contributed by atoms with Crippen molar-refractivity contribution >= 4 is 15.9 Å². The smallest absolute Gasteiger partial charge is 0.251 e. The molecule has 2 aromatic rings. The number of hydrogen-bond donors (Lipinski definition) is 1. The number of sulfonamides is 1. The minimum Gasteiger partial charge on any atom is -0.495 e. The molecule has 0 bridgehead atoms. The zero-order chi connectivity index (χ0) is 22.1. The van der Waals surface area contributed by atoms with Crippen molar-refractivity contribution in [3.8, 4) is 5.75 Å². The maximum Gasteiger partial charge on any atom is 0.251 e. The highest BCUT2D eigenvalue weighted by Gasteiger charge is 2.30. The summed E-state index contributed by atoms with van der Waals surface area (Å²) in [7, 11) is -2.27. The van der Waals surface area contributed by atoms with Gasteiger partial charge in [0, 0.05) is 18.7 Å². The maximum atomic E-state index is 13.1. The number of carbonyl (C=O) groups is 1. The van der Waals surface area contributed by atoms with Gasteiger partial charge in [0.2, 0.25) is 10.0 Å². The molecule has 1 fully saturated rings. The van der Waals surface area contributed by atoms with Crippen LogP contribution in [0.4, 0.5) is 0 Å². The van der Waals surface area contributed by atoms with E-state index in [0.717, 1.165) is 24.0 Å². The number of hydrogen-bond acceptors (Lipinski definition) is 4. The summed E-state index contributed by atoms with van der Waals surface area (Å²) in [4.78, 5) is 13.0. The van der Waals surface area contributed by atoms with Gasteiger partial charge in [-0.05, 0) is 81.0 Å². The Morgan fingerprint density at radius 2 is 1.67 bits per heavy atom. The quantitative estimate of drug-likeness (QED) is 0.754. The zero-order valence-electron chi connectivity index (χ0n) is 18.3. The first kappa shape index (κ1) is 22.3. The number of ether oxygens (including phenoxy) is 1. The molecule has 6 nitrogen and oxygen atoms in total. The molecule has 162 valence electrons. The zero-order valence-corrected chi connectivity index (χ0v) is 19.1. The molecule has 0 aromatic heterocycles. The molecule has 30 heavy (non-hydrogen) atoms. The van der Waals surface area contributed by atoms with Crippen molar-refractivity contribution in [3.63, 3.8) is 0 Å². The van der Waals surface area contributed by atoms with Gasteiger partial charge in [0.25, 0.3) is 5.91 Å². The lowest BCUT2D eigenvalue weighted by atomic mass is 9.96. The molecule has 1 atom stereocenters. The molecule has 1 aliphatic heterocycles. The Balaban J connectivity index is 1.89. The fourth-order valence-electron chi connectivity index (χ4n) is 3.89. The van der Waals surface area contributed by atoms with Gasteiger partial charge in [0.05, 0.1) is 13.2 Å². The van der Waals surface area contributed by atoms with E-state index in [4.69, 9.17) is 4.74 Å². The summed E-state index contributed by atoms with van der Waals surface area (Å²) in [5.41, 5.74) is 4.83. The van der Waals surface area contributed by atoms with Crippen molar-refractivity contribution in [3.05, 3.63) is 58.1 Å². The first-order valence-electron chi connectivity index (χ1n) is 10.2. The van der Waals surface area contributed by atoms with E-state index in [1.807, 2.05) is 20.8 Å². The molecule has 1 saturated heterocycles. The number of aryl methyl sites for hydroxylation is 3. The van der Waals surface area contributed by atoms with E-state index in [0.29, 0.717) is 18.7 Å². The van der Waals surface area contributed by atoms with Gasteiger partial charge in [0.15, 0.2) is 0 Å². The highest BCUT2D eigenvalue weighted by atomic mass is 32.2. The van der Waals surface area contributed by atoms with E-state index in [-0.39, 0.29) is 22.6 Å². The summed E-state index contributed by atoms with van der Waals surface area (Å²) in [6.07, 6.45) is 1.68. The third-order valence-electron chi connectivity index (χ3n) is 5.81. The van der Waals surface area contributed by atoms with Gasteiger partial charge >= 0.3 is 0 Å². The van der Waals surface area contributed by atoms with Gasteiger partial charge < -0.3 is 10.1 Å². The Morgan fingerprint density at radius 3 is 2.30 bits per heavy atom. The maximum absolute atomic E-state index is 13.1. The number of nitrogens with one attached hydrogen (secondary N) is 1. The van der Waals surface area contributed by atoms with Crippen LogP contribution in [0.15, 0.2) is 35.2 Å². The number of benzene rings is 2. The van der Waals surface area contributed by atoms with Crippen molar-refractivity contribution in [2.24, 2.45) is 0 Å². The summed E-state index contributed by atoms with van der Waals surface area (Å²) in [6.45, 7) is 9.05. The van der Waals surface area contributed by atoms with E-state index in [9.17, 15) is 13.2 Å². The minimum absolute atomic E-state index is 0.0366. The van der Waals surface area contributed by atoms with E-state index in [1.165, 1.54) is 28.6 Å². The van der Waals surface area contributed by atoms with Crippen LogP contribution in [0.25, 0.3) is 0 Å². The standard InChI is InChI=1S/C23H30N2O4S/c1-15-12-17(3)20(13-16(15)2)18(4)24-23(26)19-8-9-21(29-5)22(14-19)30(27,28)25-10-6-7-11-25/h8-9,12-14,18H,6-7,10-11H2,1-5H3,(H,24,26)/t18-/m0/s1. The topological polar surface area (TPSA) is 75.7 Å². The lowest BCUT2D eigenvalue weighted by molar-refractivity contribution is 0.0939. The van der Waals surface area contributed by atoms with E-state index in [1.54, 1.807) is 12.1 Å². The molecule has 0 radical (unpaired) electrons. The van der Waals surface area contributed by atoms with Crippen molar-refractivity contribution in [1.82, 2.24) is 9.62 Å². The molecule has 1 amide bonds. The molecule has 2 aromatic carbocycles. The predicted octanol–water partition coefficient (Wildman–Crippen LogP) is 3.90. The molecule has 0 spiro atoms. The third kappa shape index (κ3) is 4.37. The second-order valence-corrected chi connectivity index (χ2v) is 9.87. The molecule has 1 heterocycles. The SMILES string of the molecule is COc1ccc(C(=O)N[C@@H](C)c2cc(C)c(C)cc2C)cc1S(=O)(=O)N1CCCC1. The van der Waals surface area contributed by atoms with Crippen LogP contribution >= 0.6 is 0 Å². The normalized spacial score (nSPS) is 15.8. The molecule has 1 aliphatic rings. The van der Waals surface area contributed by atoms with Crippen molar-refractivity contribution in [1.29, 1.82) is 0 Å².